The number of methoxy groups -OCH3 is 1. The van der Waals surface area contributed by atoms with Gasteiger partial charge < -0.3 is 14.7 Å². The third kappa shape index (κ3) is 5.57. The van der Waals surface area contributed by atoms with Crippen molar-refractivity contribution in [1.29, 1.82) is 0 Å². The van der Waals surface area contributed by atoms with Crippen molar-refractivity contribution < 1.29 is 36.5 Å². The smallest absolute Gasteiger partial charge is 0.285 e. The summed E-state index contributed by atoms with van der Waals surface area (Å²) in [6.07, 6.45) is -0.242. The van der Waals surface area contributed by atoms with Crippen LogP contribution in [0.1, 0.15) is 11.3 Å². The first-order valence-electron chi connectivity index (χ1n) is 7.21. The van der Waals surface area contributed by atoms with Gasteiger partial charge in [0.05, 0.1) is 7.11 Å². The Bertz CT molecular complexity index is 910. The van der Waals surface area contributed by atoms with E-state index in [1.165, 1.54) is 0 Å². The Morgan fingerprint density at radius 2 is 2.04 bits per heavy atom. The third-order valence-electron chi connectivity index (χ3n) is 3.13. The number of nitrogens with zero attached hydrogens (tertiary/aromatic N) is 3. The molecular weight excluding hydrogens is 392 g/mol. The molecule has 27 heavy (non-hydrogen) atoms. The molecule has 2 aromatic rings. The number of oxime groups is 1. The van der Waals surface area contributed by atoms with E-state index < -0.39 is 27.6 Å². The van der Waals surface area contributed by atoms with E-state index in [2.05, 4.69) is 24.8 Å². The molecule has 0 saturated carbocycles. The van der Waals surface area contributed by atoms with Crippen LogP contribution >= 0.6 is 0 Å². The van der Waals surface area contributed by atoms with E-state index in [0.717, 1.165) is 19.2 Å². The van der Waals surface area contributed by atoms with Crippen LogP contribution in [-0.2, 0) is 16.6 Å². The zero-order chi connectivity index (χ0) is 20.0. The van der Waals surface area contributed by atoms with Crippen molar-refractivity contribution in [2.24, 2.45) is 10.3 Å². The Hall–Kier alpha value is -2.84. The van der Waals surface area contributed by atoms with Crippen molar-refractivity contribution in [2.45, 2.75) is 6.42 Å². The predicted octanol–water partition coefficient (Wildman–Crippen LogP) is -0.0507. The first kappa shape index (κ1) is 20.5. The largest absolute Gasteiger partial charge is 0.491 e. The van der Waals surface area contributed by atoms with E-state index in [1.807, 2.05) is 4.72 Å². The Morgan fingerprint density at radius 1 is 1.37 bits per heavy atom. The lowest BCUT2D eigenvalue weighted by Gasteiger charge is -2.08. The van der Waals surface area contributed by atoms with E-state index in [1.54, 1.807) is 0 Å². The molecular formula is C13H15F2N5O6S. The van der Waals surface area contributed by atoms with E-state index >= 15 is 0 Å². The van der Waals surface area contributed by atoms with Gasteiger partial charge in [0.25, 0.3) is 16.1 Å². The van der Waals surface area contributed by atoms with Crippen LogP contribution in [-0.4, -0.2) is 49.9 Å². The molecule has 0 fully saturated rings. The van der Waals surface area contributed by atoms with E-state index in [0.29, 0.717) is 0 Å². The van der Waals surface area contributed by atoms with Gasteiger partial charge in [0, 0.05) is 13.0 Å². The van der Waals surface area contributed by atoms with Crippen LogP contribution in [0.3, 0.4) is 0 Å². The molecule has 0 unspecified atom stereocenters. The average molecular weight is 407 g/mol. The Labute approximate surface area is 151 Å². The van der Waals surface area contributed by atoms with Crippen molar-refractivity contribution in [3.63, 3.8) is 0 Å². The van der Waals surface area contributed by atoms with Crippen LogP contribution in [0.25, 0.3) is 0 Å². The molecule has 11 nitrogen and oxygen atoms in total. The minimum absolute atomic E-state index is 0.114. The maximum Gasteiger partial charge on any atom is 0.285 e. The summed E-state index contributed by atoms with van der Waals surface area (Å²) >= 11 is 0. The lowest BCUT2D eigenvalue weighted by atomic mass is 10.1. The Balaban J connectivity index is 2.12. The molecule has 0 spiro atoms. The summed E-state index contributed by atoms with van der Waals surface area (Å²) in [5, 5.41) is 23.9. The molecule has 0 atom stereocenters. The number of nitrogens with one attached hydrogen (secondary N) is 1. The fourth-order valence-corrected chi connectivity index (χ4v) is 2.42. The zero-order valence-corrected chi connectivity index (χ0v) is 14.7. The average Bonchev–Trinajstić information content (AvgIpc) is 3.04. The highest BCUT2D eigenvalue weighted by Gasteiger charge is 2.21. The first-order valence-corrected chi connectivity index (χ1v) is 8.75. The number of hydrogen-bond donors (Lipinski definition) is 3. The van der Waals surface area contributed by atoms with Crippen LogP contribution < -0.4 is 19.3 Å². The van der Waals surface area contributed by atoms with Crippen LogP contribution in [0, 0.1) is 11.6 Å². The second-order valence-corrected chi connectivity index (χ2v) is 6.40. The molecule has 1 aromatic carbocycles. The summed E-state index contributed by atoms with van der Waals surface area (Å²) in [5.74, 6) is -2.63. The standard InChI is InChI=1S/C13H15F2N5O6S/c1-24-12-8(14)4-7(5-9(12)15)6-10(18-21)11-13(20-26-19-11)25-3-2-17-27(16,22)23/h4-5,17,21H,2-3,6H2,1H3,(H2,16,22,23)/b18-10+. The van der Waals surface area contributed by atoms with Crippen molar-refractivity contribution >= 4 is 15.9 Å². The second-order valence-electron chi connectivity index (χ2n) is 5.02. The molecule has 0 aliphatic heterocycles. The normalized spacial score (nSPS) is 12.2. The van der Waals surface area contributed by atoms with Crippen molar-refractivity contribution in [1.82, 2.24) is 15.0 Å². The van der Waals surface area contributed by atoms with E-state index in [9.17, 15) is 22.4 Å². The van der Waals surface area contributed by atoms with Gasteiger partial charge in [-0.05, 0) is 28.0 Å². The van der Waals surface area contributed by atoms with Gasteiger partial charge in [0.1, 0.15) is 12.3 Å². The number of aromatic nitrogens is 2. The lowest BCUT2D eigenvalue weighted by molar-refractivity contribution is 0.258. The first-order chi connectivity index (χ1) is 12.7. The second kappa shape index (κ2) is 8.70. The van der Waals surface area contributed by atoms with Crippen molar-refractivity contribution in [2.75, 3.05) is 20.3 Å². The molecule has 1 aromatic heterocycles. The molecule has 2 rings (SSSR count). The molecule has 0 aliphatic carbocycles. The number of nitrogens with two attached hydrogens (primary N) is 1. The van der Waals surface area contributed by atoms with Gasteiger partial charge in [-0.15, -0.1) is 0 Å². The molecule has 0 radical (unpaired) electrons. The van der Waals surface area contributed by atoms with Crippen molar-refractivity contribution in [3.8, 4) is 11.6 Å². The van der Waals surface area contributed by atoms with Gasteiger partial charge in [-0.25, -0.2) is 18.5 Å². The zero-order valence-electron chi connectivity index (χ0n) is 13.8. The summed E-state index contributed by atoms with van der Waals surface area (Å²) in [7, 11) is -2.76. The van der Waals surface area contributed by atoms with Gasteiger partial charge >= 0.3 is 0 Å². The van der Waals surface area contributed by atoms with Gasteiger partial charge in [-0.1, -0.05) is 5.16 Å². The minimum atomic E-state index is -3.89. The molecule has 0 aliphatic rings. The molecule has 4 N–H and O–H groups in total. The monoisotopic (exact) mass is 407 g/mol. The summed E-state index contributed by atoms with van der Waals surface area (Å²) < 4.78 is 65.3. The highest BCUT2D eigenvalue weighted by atomic mass is 32.2. The fourth-order valence-electron chi connectivity index (χ4n) is 2.05. The summed E-state index contributed by atoms with van der Waals surface area (Å²) in [4.78, 5) is 0. The van der Waals surface area contributed by atoms with Gasteiger partial charge in [-0.2, -0.15) is 13.1 Å². The Morgan fingerprint density at radius 3 is 2.59 bits per heavy atom. The van der Waals surface area contributed by atoms with E-state index in [4.69, 9.17) is 9.88 Å². The van der Waals surface area contributed by atoms with E-state index in [-0.39, 0.29) is 42.4 Å². The maximum absolute atomic E-state index is 13.8. The summed E-state index contributed by atoms with van der Waals surface area (Å²) in [5.41, 5.74) is -0.178. The molecule has 1 heterocycles. The summed E-state index contributed by atoms with van der Waals surface area (Å²) in [6, 6.07) is 1.99. The molecule has 148 valence electrons. The van der Waals surface area contributed by atoms with Crippen molar-refractivity contribution in [3.05, 3.63) is 35.0 Å². The SMILES string of the molecule is COc1c(F)cc(C/C(=N\O)c2nonc2OCCNS(N)(=O)=O)cc1F. The Kier molecular flexibility index (Phi) is 6.59. The molecule has 0 bridgehead atoms. The quantitative estimate of drug-likeness (QED) is 0.225. The molecule has 14 heteroatoms. The van der Waals surface area contributed by atoms with Gasteiger partial charge in [0.2, 0.25) is 0 Å². The van der Waals surface area contributed by atoms with Crippen LogP contribution in [0.15, 0.2) is 21.9 Å². The van der Waals surface area contributed by atoms with Gasteiger partial charge in [-0.3, -0.25) is 0 Å². The predicted molar refractivity (Wildman–Crippen MR) is 85.8 cm³/mol. The lowest BCUT2D eigenvalue weighted by Crippen LogP contribution is -2.34. The number of hydrogen-bond acceptors (Lipinski definition) is 9. The highest BCUT2D eigenvalue weighted by Crippen LogP contribution is 2.24. The van der Waals surface area contributed by atoms with Gasteiger partial charge in [0.15, 0.2) is 23.1 Å². The number of halogens is 2. The molecule has 0 amide bonds. The summed E-state index contributed by atoms with van der Waals surface area (Å²) in [6.45, 7) is -0.367. The maximum atomic E-state index is 13.8. The third-order valence-corrected chi connectivity index (χ3v) is 3.74. The fraction of sp³-hybridized carbons (Fsp3) is 0.308. The number of rotatable bonds is 9. The number of benzene rings is 1. The minimum Gasteiger partial charge on any atom is -0.491 e. The molecule has 0 saturated heterocycles. The topological polar surface area (TPSA) is 162 Å². The van der Waals surface area contributed by atoms with Crippen LogP contribution in [0.5, 0.6) is 11.6 Å². The number of ether oxygens (including phenoxy) is 2. The van der Waals surface area contributed by atoms with Crippen LogP contribution in [0.4, 0.5) is 8.78 Å². The highest BCUT2D eigenvalue weighted by molar-refractivity contribution is 7.87. The van der Waals surface area contributed by atoms with Crippen LogP contribution in [0.2, 0.25) is 0 Å².